The van der Waals surface area contributed by atoms with Gasteiger partial charge in [0.2, 0.25) is 0 Å². The number of hydrogen-bond acceptors (Lipinski definition) is 4. The molecule has 0 amide bonds. The first-order valence-corrected chi connectivity index (χ1v) is 42.4. The zero-order chi connectivity index (χ0) is 79.5. The summed E-state index contributed by atoms with van der Waals surface area (Å²) in [5, 5.41) is 19.6. The minimum Gasteiger partial charge on any atom is -0.311 e. The first-order chi connectivity index (χ1) is 60.6. The Morgan fingerprint density at radius 2 is 0.459 bits per heavy atom. The zero-order valence-electron chi connectivity index (χ0n) is 66.3. The van der Waals surface area contributed by atoms with Crippen molar-refractivity contribution < 1.29 is 0 Å². The standard InChI is InChI=1S/C114H70B2N6/c1-5-33-79(34-6-1)117-101-51-27-25-49-95(101)115-97-69-98-104(70-103(97)119(81-37-9-3-10-38-81)107-67-83(65-105(117)111(107)115)121-99-59-57-77(75-55-53-71-29-13-15-31-73(71)61-75)63-93(99)109-89-45-21-17-41-85(89)87-43-19-23-47-91(87)113(109)121)120(82-39-11-4-12-40-82)108-68-84(66-106-112(108)116(98)96-50-26-28-52-102(96)118(106)80-35-7-2-8-36-80)122-100-60-58-78(76-56-54-72-30-14-16-32-74(72)62-76)64-94(100)110-90-46-22-18-42-86(90)88-44-20-24-48-92(88)114(110)122/h1-70H. The van der Waals surface area contributed by atoms with Crippen LogP contribution < -0.4 is 52.4 Å². The third-order valence-corrected chi connectivity index (χ3v) is 27.1. The molecule has 0 saturated carbocycles. The number of fused-ring (bicyclic) bond motifs is 26. The Morgan fingerprint density at radius 3 is 0.844 bits per heavy atom. The molecular formula is C114H70B2N6. The van der Waals surface area contributed by atoms with Gasteiger partial charge < -0.3 is 28.7 Å². The highest BCUT2D eigenvalue weighted by Crippen LogP contribution is 2.54. The van der Waals surface area contributed by atoms with Crippen LogP contribution in [0, 0.1) is 0 Å². The van der Waals surface area contributed by atoms with Crippen LogP contribution >= 0.6 is 0 Å². The molecule has 0 radical (unpaired) electrons. The van der Waals surface area contributed by atoms with Crippen molar-refractivity contribution in [2.24, 2.45) is 0 Å². The molecule has 27 rings (SSSR count). The Hall–Kier alpha value is -15.9. The fourth-order valence-corrected chi connectivity index (χ4v) is 22.0. The van der Waals surface area contributed by atoms with E-state index in [-0.39, 0.29) is 13.4 Å². The van der Waals surface area contributed by atoms with Crippen LogP contribution in [0.2, 0.25) is 0 Å². The molecule has 0 unspecified atom stereocenters. The summed E-state index contributed by atoms with van der Waals surface area (Å²) < 4.78 is 5.25. The van der Waals surface area contributed by atoms with Gasteiger partial charge in [0.25, 0.3) is 13.4 Å². The van der Waals surface area contributed by atoms with E-state index in [1.165, 1.54) is 152 Å². The molecule has 0 saturated heterocycles. The van der Waals surface area contributed by atoms with E-state index in [0.717, 1.165) is 90.7 Å². The van der Waals surface area contributed by atoms with Crippen LogP contribution in [0.5, 0.6) is 0 Å². The second-order valence-corrected chi connectivity index (χ2v) is 33.3. The first-order valence-electron chi connectivity index (χ1n) is 42.4. The van der Waals surface area contributed by atoms with E-state index >= 15 is 0 Å². The molecule has 21 aromatic carbocycles. The van der Waals surface area contributed by atoms with Crippen LogP contribution in [0.4, 0.5) is 68.2 Å². The van der Waals surface area contributed by atoms with Crippen molar-refractivity contribution in [3.05, 3.63) is 425 Å². The fraction of sp³-hybridized carbons (Fsp3) is 0. The Labute approximate surface area is 704 Å². The summed E-state index contributed by atoms with van der Waals surface area (Å²) in [5.41, 5.74) is 32.3. The second-order valence-electron chi connectivity index (χ2n) is 33.3. The number of hydrogen-bond donors (Lipinski definition) is 0. The lowest BCUT2D eigenvalue weighted by Gasteiger charge is -2.47. The van der Waals surface area contributed by atoms with E-state index in [1.807, 2.05) is 0 Å². The summed E-state index contributed by atoms with van der Waals surface area (Å²) in [6.07, 6.45) is 0. The average molecular weight is 1550 g/mol. The molecule has 6 nitrogen and oxygen atoms in total. The van der Waals surface area contributed by atoms with Crippen molar-refractivity contribution in [1.29, 1.82) is 0 Å². The average Bonchev–Trinajstić information content (AvgIpc) is 1.33. The molecule has 0 aliphatic carbocycles. The molecule has 0 spiro atoms. The molecule has 8 heteroatoms. The van der Waals surface area contributed by atoms with Gasteiger partial charge in [0.15, 0.2) is 0 Å². The zero-order valence-corrected chi connectivity index (χ0v) is 66.3. The molecule has 4 aliphatic rings. The molecule has 0 atom stereocenters. The van der Waals surface area contributed by atoms with E-state index in [2.05, 4.69) is 453 Å². The lowest BCUT2D eigenvalue weighted by molar-refractivity contribution is 1.16. The monoisotopic (exact) mass is 1540 g/mol. The maximum atomic E-state index is 2.67. The van der Waals surface area contributed by atoms with Crippen molar-refractivity contribution in [1.82, 2.24) is 9.13 Å². The molecule has 122 heavy (non-hydrogen) atoms. The molecule has 4 aliphatic heterocycles. The molecule has 562 valence electrons. The van der Waals surface area contributed by atoms with Crippen LogP contribution in [-0.2, 0) is 0 Å². The minimum atomic E-state index is -0.228. The smallest absolute Gasteiger partial charge is 0.252 e. The molecule has 0 bridgehead atoms. The normalized spacial score (nSPS) is 13.1. The second kappa shape index (κ2) is 25.8. The van der Waals surface area contributed by atoms with Crippen molar-refractivity contribution >= 4 is 223 Å². The van der Waals surface area contributed by atoms with Gasteiger partial charge in [-0.15, -0.1) is 0 Å². The highest BCUT2D eigenvalue weighted by molar-refractivity contribution is 7.03. The Balaban J connectivity index is 0.757. The molecule has 0 fully saturated rings. The van der Waals surface area contributed by atoms with Crippen molar-refractivity contribution in [2.75, 3.05) is 19.6 Å². The van der Waals surface area contributed by atoms with Gasteiger partial charge in [-0.3, -0.25) is 0 Å². The number of benzene rings is 21. The molecular weight excluding hydrogens is 1470 g/mol. The van der Waals surface area contributed by atoms with Gasteiger partial charge in [-0.05, 0) is 236 Å². The lowest BCUT2D eigenvalue weighted by atomic mass is 9.30. The van der Waals surface area contributed by atoms with Gasteiger partial charge in [-0.25, -0.2) is 0 Å². The summed E-state index contributed by atoms with van der Waals surface area (Å²) in [6, 6.07) is 161. The van der Waals surface area contributed by atoms with E-state index in [1.54, 1.807) is 0 Å². The molecule has 6 heterocycles. The van der Waals surface area contributed by atoms with E-state index in [4.69, 9.17) is 0 Å². The van der Waals surface area contributed by atoms with Gasteiger partial charge in [0.05, 0.1) is 33.4 Å². The van der Waals surface area contributed by atoms with E-state index < -0.39 is 0 Å². The SMILES string of the molecule is c1ccc(N2c3ccccc3B3c4cc5c(cc4N(c4ccccc4)c4cc(-n6c7ccc(-c8ccc9ccccc9c8)cc7c7c8ccccc8c8ccccc8c76)cc2c43)N(c2ccccc2)c2cc(-n3c4ccc(-c6ccc7ccccc7c6)cc4c4c6ccccc6c6ccccc6c43)cc3c2B5c2ccccc2N3c2ccccc2)cc1. The minimum absolute atomic E-state index is 0.228. The largest absolute Gasteiger partial charge is 0.311 e. The lowest BCUT2D eigenvalue weighted by Crippen LogP contribution is -2.65. The van der Waals surface area contributed by atoms with E-state index in [9.17, 15) is 0 Å². The Kier molecular flexibility index (Phi) is 14.2. The number of aromatic nitrogens is 2. The highest BCUT2D eigenvalue weighted by atomic mass is 15.2. The summed E-state index contributed by atoms with van der Waals surface area (Å²) in [4.78, 5) is 10.4. The summed E-state index contributed by atoms with van der Waals surface area (Å²) in [6.45, 7) is -0.456. The summed E-state index contributed by atoms with van der Waals surface area (Å²) >= 11 is 0. The predicted molar refractivity (Wildman–Crippen MR) is 519 cm³/mol. The maximum Gasteiger partial charge on any atom is 0.252 e. The first kappa shape index (κ1) is 67.2. The van der Waals surface area contributed by atoms with E-state index in [0.29, 0.717) is 0 Å². The van der Waals surface area contributed by atoms with Gasteiger partial charge in [-0.1, -0.05) is 297 Å². The number of para-hydroxylation sites is 6. The molecule has 0 N–H and O–H groups in total. The fourth-order valence-electron chi connectivity index (χ4n) is 22.0. The Morgan fingerprint density at radius 1 is 0.164 bits per heavy atom. The maximum absolute atomic E-state index is 2.67. The number of anilines is 12. The highest BCUT2D eigenvalue weighted by Gasteiger charge is 2.49. The van der Waals surface area contributed by atoms with Crippen LogP contribution in [-0.4, -0.2) is 22.6 Å². The predicted octanol–water partition coefficient (Wildman–Crippen LogP) is 26.3. The van der Waals surface area contributed by atoms with Gasteiger partial charge in [0.1, 0.15) is 0 Å². The third-order valence-electron chi connectivity index (χ3n) is 27.1. The van der Waals surface area contributed by atoms with Gasteiger partial charge in [-0.2, -0.15) is 0 Å². The van der Waals surface area contributed by atoms with Gasteiger partial charge in [0, 0.05) is 101 Å². The summed E-state index contributed by atoms with van der Waals surface area (Å²) in [7, 11) is 0. The van der Waals surface area contributed by atoms with Crippen LogP contribution in [0.25, 0.3) is 142 Å². The van der Waals surface area contributed by atoms with Crippen LogP contribution in [0.3, 0.4) is 0 Å². The summed E-state index contributed by atoms with van der Waals surface area (Å²) in [5.74, 6) is 0. The molecule has 23 aromatic rings. The quantitative estimate of drug-likeness (QED) is 0.112. The molecule has 2 aromatic heterocycles. The van der Waals surface area contributed by atoms with Crippen LogP contribution in [0.1, 0.15) is 0 Å². The van der Waals surface area contributed by atoms with Crippen molar-refractivity contribution in [3.63, 3.8) is 0 Å². The topological polar surface area (TPSA) is 22.8 Å². The number of rotatable bonds is 8. The van der Waals surface area contributed by atoms with Gasteiger partial charge >= 0.3 is 0 Å². The Bertz CT molecular complexity index is 7960. The van der Waals surface area contributed by atoms with Crippen molar-refractivity contribution in [2.45, 2.75) is 0 Å². The van der Waals surface area contributed by atoms with Crippen LogP contribution in [0.15, 0.2) is 425 Å². The number of nitrogens with zero attached hydrogens (tertiary/aromatic N) is 6. The van der Waals surface area contributed by atoms with Crippen molar-refractivity contribution in [3.8, 4) is 33.6 Å². The third kappa shape index (κ3) is 9.57.